The zero-order valence-corrected chi connectivity index (χ0v) is 6.60. The van der Waals surface area contributed by atoms with Crippen molar-refractivity contribution in [1.82, 2.24) is 0 Å². The summed E-state index contributed by atoms with van der Waals surface area (Å²) in [6, 6.07) is 0. The van der Waals surface area contributed by atoms with Crippen LogP contribution in [-0.4, -0.2) is 25.9 Å². The molecule has 1 heterocycles. The Morgan fingerprint density at radius 1 is 1.50 bits per heavy atom. The minimum Gasteiger partial charge on any atom is -0.381 e. The summed E-state index contributed by atoms with van der Waals surface area (Å²) < 4.78 is 41.6. The molecule has 0 bridgehead atoms. The Morgan fingerprint density at radius 3 is 2.50 bits per heavy atom. The molecule has 1 aliphatic heterocycles. The first-order chi connectivity index (χ1) is 5.55. The predicted octanol–water partition coefficient (Wildman–Crippen LogP) is 1.16. The highest BCUT2D eigenvalue weighted by Gasteiger charge is 2.44. The summed E-state index contributed by atoms with van der Waals surface area (Å²) in [6.45, 7) is 0.288. The Morgan fingerprint density at radius 2 is 2.17 bits per heavy atom. The van der Waals surface area contributed by atoms with Crippen molar-refractivity contribution in [2.24, 2.45) is 17.6 Å². The average Bonchev–Trinajstić information content (AvgIpc) is 2.38. The minimum absolute atomic E-state index is 0.196. The smallest absolute Gasteiger partial charge is 0.381 e. The summed E-state index contributed by atoms with van der Waals surface area (Å²) in [7, 11) is 0. The lowest BCUT2D eigenvalue weighted by Gasteiger charge is -2.23. The molecule has 1 aliphatic rings. The molecule has 2 atom stereocenters. The van der Waals surface area contributed by atoms with E-state index in [4.69, 9.17) is 10.5 Å². The normalized spacial score (nSPS) is 27.5. The molecule has 0 aromatic carbocycles. The van der Waals surface area contributed by atoms with Crippen LogP contribution in [0.1, 0.15) is 6.42 Å². The van der Waals surface area contributed by atoms with Gasteiger partial charge in [0.25, 0.3) is 0 Å². The molecule has 0 aliphatic carbocycles. The molecule has 0 saturated carbocycles. The van der Waals surface area contributed by atoms with Gasteiger partial charge < -0.3 is 10.5 Å². The SMILES string of the molecule is NCC(C1CCOC1)C(F)(F)F. The molecule has 0 radical (unpaired) electrons. The fraction of sp³-hybridized carbons (Fsp3) is 1.00. The fourth-order valence-electron chi connectivity index (χ4n) is 1.46. The van der Waals surface area contributed by atoms with Gasteiger partial charge in [-0.3, -0.25) is 0 Å². The number of hydrogen-bond acceptors (Lipinski definition) is 2. The van der Waals surface area contributed by atoms with Crippen molar-refractivity contribution >= 4 is 0 Å². The van der Waals surface area contributed by atoms with Gasteiger partial charge in [0.1, 0.15) is 0 Å². The largest absolute Gasteiger partial charge is 0.393 e. The van der Waals surface area contributed by atoms with Crippen molar-refractivity contribution in [3.8, 4) is 0 Å². The molecule has 1 fully saturated rings. The Balaban J connectivity index is 2.54. The third-order valence-corrected chi connectivity index (χ3v) is 2.21. The highest BCUT2D eigenvalue weighted by Crippen LogP contribution is 2.35. The van der Waals surface area contributed by atoms with Crippen molar-refractivity contribution in [3.63, 3.8) is 0 Å². The number of alkyl halides is 3. The van der Waals surface area contributed by atoms with Crippen LogP contribution in [0.5, 0.6) is 0 Å². The lowest BCUT2D eigenvalue weighted by Crippen LogP contribution is -2.36. The first-order valence-corrected chi connectivity index (χ1v) is 3.90. The quantitative estimate of drug-likeness (QED) is 0.697. The topological polar surface area (TPSA) is 35.2 Å². The third-order valence-electron chi connectivity index (χ3n) is 2.21. The van der Waals surface area contributed by atoms with Gasteiger partial charge in [-0.1, -0.05) is 0 Å². The van der Waals surface area contributed by atoms with E-state index in [0.29, 0.717) is 13.0 Å². The number of halogens is 3. The molecule has 1 saturated heterocycles. The van der Waals surface area contributed by atoms with Crippen molar-refractivity contribution in [1.29, 1.82) is 0 Å². The van der Waals surface area contributed by atoms with Crippen LogP contribution in [0, 0.1) is 11.8 Å². The molecule has 0 aromatic heterocycles. The molecule has 2 unspecified atom stereocenters. The molecule has 72 valence electrons. The summed E-state index contributed by atoms with van der Waals surface area (Å²) in [6.07, 6.45) is -3.70. The number of hydrogen-bond donors (Lipinski definition) is 1. The summed E-state index contributed by atoms with van der Waals surface area (Å²) in [5.74, 6) is -1.82. The first-order valence-electron chi connectivity index (χ1n) is 3.90. The molecule has 0 spiro atoms. The summed E-state index contributed by atoms with van der Waals surface area (Å²) in [5, 5.41) is 0. The molecule has 1 rings (SSSR count). The molecule has 5 heteroatoms. The van der Waals surface area contributed by atoms with Crippen LogP contribution in [0.4, 0.5) is 13.2 Å². The van der Waals surface area contributed by atoms with Crippen LogP contribution in [0.25, 0.3) is 0 Å². The average molecular weight is 183 g/mol. The molecule has 2 nitrogen and oxygen atoms in total. The van der Waals surface area contributed by atoms with Crippen LogP contribution in [0.15, 0.2) is 0 Å². The summed E-state index contributed by atoms with van der Waals surface area (Å²) in [5.41, 5.74) is 5.06. The number of ether oxygens (including phenoxy) is 1. The van der Waals surface area contributed by atoms with Crippen LogP contribution < -0.4 is 5.73 Å². The van der Waals surface area contributed by atoms with E-state index in [1.165, 1.54) is 0 Å². The van der Waals surface area contributed by atoms with E-state index in [1.807, 2.05) is 0 Å². The van der Waals surface area contributed by atoms with Gasteiger partial charge in [-0.2, -0.15) is 13.2 Å². The second-order valence-electron chi connectivity index (χ2n) is 3.01. The zero-order chi connectivity index (χ0) is 9.19. The molecule has 2 N–H and O–H groups in total. The Labute approximate surface area is 68.9 Å². The zero-order valence-electron chi connectivity index (χ0n) is 6.60. The summed E-state index contributed by atoms with van der Waals surface area (Å²) in [4.78, 5) is 0. The Bertz CT molecular complexity index is 142. The van der Waals surface area contributed by atoms with E-state index in [0.717, 1.165) is 0 Å². The Hall–Kier alpha value is -0.290. The van der Waals surface area contributed by atoms with E-state index in [1.54, 1.807) is 0 Å². The first kappa shape index (κ1) is 9.80. The monoisotopic (exact) mass is 183 g/mol. The van der Waals surface area contributed by atoms with Crippen molar-refractivity contribution < 1.29 is 17.9 Å². The lowest BCUT2D eigenvalue weighted by molar-refractivity contribution is -0.185. The van der Waals surface area contributed by atoms with Crippen LogP contribution in [0.3, 0.4) is 0 Å². The molecular formula is C7H12F3NO. The standard InChI is InChI=1S/C7H12F3NO/c8-7(9,10)6(3-11)5-1-2-12-4-5/h5-6H,1-4,11H2. The number of nitrogens with two attached hydrogens (primary N) is 1. The van der Waals surface area contributed by atoms with E-state index < -0.39 is 18.0 Å². The molecule has 0 aromatic rings. The van der Waals surface area contributed by atoms with Gasteiger partial charge in [0.2, 0.25) is 0 Å². The van der Waals surface area contributed by atoms with Crippen molar-refractivity contribution in [2.75, 3.05) is 19.8 Å². The molecular weight excluding hydrogens is 171 g/mol. The van der Waals surface area contributed by atoms with Crippen molar-refractivity contribution in [2.45, 2.75) is 12.6 Å². The predicted molar refractivity (Wildman–Crippen MR) is 37.5 cm³/mol. The van der Waals surface area contributed by atoms with Gasteiger partial charge in [0.05, 0.1) is 12.5 Å². The van der Waals surface area contributed by atoms with Gasteiger partial charge >= 0.3 is 6.18 Å². The van der Waals surface area contributed by atoms with E-state index in [-0.39, 0.29) is 13.2 Å². The van der Waals surface area contributed by atoms with E-state index in [2.05, 4.69) is 0 Å². The maximum absolute atomic E-state index is 12.2. The van der Waals surface area contributed by atoms with Gasteiger partial charge in [0.15, 0.2) is 0 Å². The second-order valence-corrected chi connectivity index (χ2v) is 3.01. The fourth-order valence-corrected chi connectivity index (χ4v) is 1.46. The van der Waals surface area contributed by atoms with Crippen LogP contribution in [0.2, 0.25) is 0 Å². The van der Waals surface area contributed by atoms with E-state index in [9.17, 15) is 13.2 Å². The van der Waals surface area contributed by atoms with Crippen LogP contribution in [-0.2, 0) is 4.74 Å². The lowest BCUT2D eigenvalue weighted by atomic mass is 9.91. The molecule has 0 amide bonds. The maximum atomic E-state index is 12.2. The second kappa shape index (κ2) is 3.62. The Kier molecular flexibility index (Phi) is 2.95. The van der Waals surface area contributed by atoms with Gasteiger partial charge in [0, 0.05) is 13.2 Å². The third kappa shape index (κ3) is 2.10. The maximum Gasteiger partial charge on any atom is 0.393 e. The van der Waals surface area contributed by atoms with Crippen LogP contribution >= 0.6 is 0 Å². The highest BCUT2D eigenvalue weighted by atomic mass is 19.4. The van der Waals surface area contributed by atoms with E-state index >= 15 is 0 Å². The number of rotatable bonds is 2. The minimum atomic E-state index is -4.17. The molecule has 12 heavy (non-hydrogen) atoms. The van der Waals surface area contributed by atoms with Gasteiger partial charge in [-0.05, 0) is 12.3 Å². The highest BCUT2D eigenvalue weighted by molar-refractivity contribution is 4.79. The summed E-state index contributed by atoms with van der Waals surface area (Å²) >= 11 is 0. The van der Waals surface area contributed by atoms with Crippen molar-refractivity contribution in [3.05, 3.63) is 0 Å². The van der Waals surface area contributed by atoms with Gasteiger partial charge in [-0.15, -0.1) is 0 Å². The van der Waals surface area contributed by atoms with Gasteiger partial charge in [-0.25, -0.2) is 0 Å².